The topological polar surface area (TPSA) is 84.9 Å². The molecule has 2 rings (SSSR count). The predicted octanol–water partition coefficient (Wildman–Crippen LogP) is 2.44. The van der Waals surface area contributed by atoms with Gasteiger partial charge in [0.05, 0.1) is 20.4 Å². The molecule has 0 saturated carbocycles. The van der Waals surface area contributed by atoms with Gasteiger partial charge in [-0.1, -0.05) is 13.0 Å². The number of carbonyl (C=O) groups excluding carboxylic acids is 2. The zero-order chi connectivity index (χ0) is 21.9. The molecule has 2 amide bonds. The van der Waals surface area contributed by atoms with Crippen LogP contribution in [0, 0.1) is 0 Å². The van der Waals surface area contributed by atoms with E-state index in [1.54, 1.807) is 31.1 Å². The molecule has 0 aliphatic heterocycles. The van der Waals surface area contributed by atoms with Gasteiger partial charge in [0.25, 0.3) is 5.91 Å². The van der Waals surface area contributed by atoms with Crippen LogP contribution in [0.5, 0.6) is 11.5 Å². The number of rotatable bonds is 11. The maximum Gasteiger partial charge on any atom is 0.274 e. The van der Waals surface area contributed by atoms with Crippen molar-refractivity contribution in [1.82, 2.24) is 19.8 Å². The second kappa shape index (κ2) is 11.7. The number of likely N-dealkylation sites (N-methyl/N-ethyl adjacent to an activating group) is 1. The highest BCUT2D eigenvalue weighted by molar-refractivity contribution is 5.92. The van der Waals surface area contributed by atoms with Gasteiger partial charge in [0.15, 0.2) is 11.5 Å². The van der Waals surface area contributed by atoms with Crippen LogP contribution in [0.3, 0.4) is 0 Å². The summed E-state index contributed by atoms with van der Waals surface area (Å²) in [5.41, 5.74) is 1.35. The molecule has 1 aromatic heterocycles. The van der Waals surface area contributed by atoms with Gasteiger partial charge in [0.2, 0.25) is 5.91 Å². The van der Waals surface area contributed by atoms with Gasteiger partial charge in [-0.25, -0.2) is 4.98 Å². The quantitative estimate of drug-likeness (QED) is 0.561. The third kappa shape index (κ3) is 6.43. The summed E-state index contributed by atoms with van der Waals surface area (Å²) in [4.78, 5) is 36.5. The number of aromatic nitrogens is 2. The van der Waals surface area contributed by atoms with E-state index in [4.69, 9.17) is 9.47 Å². The first-order chi connectivity index (χ1) is 14.5. The minimum atomic E-state index is -0.203. The number of carbonyl (C=O) groups is 2. The lowest BCUT2D eigenvalue weighted by Crippen LogP contribution is -2.37. The van der Waals surface area contributed by atoms with Crippen molar-refractivity contribution in [1.29, 1.82) is 0 Å². The van der Waals surface area contributed by atoms with Crippen molar-refractivity contribution >= 4 is 11.8 Å². The van der Waals surface area contributed by atoms with Gasteiger partial charge in [-0.15, -0.1) is 0 Å². The molecule has 2 aromatic rings. The maximum absolute atomic E-state index is 12.6. The molecule has 1 heterocycles. The van der Waals surface area contributed by atoms with E-state index in [1.165, 1.54) is 18.6 Å². The molecule has 0 N–H and O–H groups in total. The summed E-state index contributed by atoms with van der Waals surface area (Å²) >= 11 is 0. The Morgan fingerprint density at radius 1 is 1.03 bits per heavy atom. The van der Waals surface area contributed by atoms with Crippen LogP contribution in [0.25, 0.3) is 0 Å². The van der Waals surface area contributed by atoms with E-state index in [2.05, 4.69) is 9.97 Å². The van der Waals surface area contributed by atoms with Crippen molar-refractivity contribution < 1.29 is 19.1 Å². The van der Waals surface area contributed by atoms with E-state index in [-0.39, 0.29) is 18.2 Å². The molecule has 0 aliphatic rings. The van der Waals surface area contributed by atoms with E-state index < -0.39 is 0 Å². The molecule has 30 heavy (non-hydrogen) atoms. The molecular weight excluding hydrogens is 384 g/mol. The zero-order valence-electron chi connectivity index (χ0n) is 18.1. The highest BCUT2D eigenvalue weighted by Gasteiger charge is 2.19. The van der Waals surface area contributed by atoms with Crippen LogP contribution in [-0.2, 0) is 11.2 Å². The Morgan fingerprint density at radius 3 is 2.43 bits per heavy atom. The van der Waals surface area contributed by atoms with Gasteiger partial charge >= 0.3 is 0 Å². The minimum absolute atomic E-state index is 0.0106. The molecule has 1 aromatic carbocycles. The Kier molecular flexibility index (Phi) is 9.05. The van der Waals surface area contributed by atoms with Crippen molar-refractivity contribution in [2.45, 2.75) is 26.2 Å². The number of hydrogen-bond acceptors (Lipinski definition) is 6. The summed E-state index contributed by atoms with van der Waals surface area (Å²) in [5, 5.41) is 0. The SMILES string of the molecule is CCCN(CCC(=O)N(C)CCc1ccc(OC)c(OC)c1)C(=O)c1cnccn1. The van der Waals surface area contributed by atoms with Gasteiger partial charge in [0.1, 0.15) is 5.69 Å². The molecule has 0 spiro atoms. The molecule has 8 heteroatoms. The highest BCUT2D eigenvalue weighted by Crippen LogP contribution is 2.27. The van der Waals surface area contributed by atoms with Crippen LogP contribution in [0.4, 0.5) is 0 Å². The highest BCUT2D eigenvalue weighted by atomic mass is 16.5. The van der Waals surface area contributed by atoms with Crippen molar-refractivity contribution in [3.63, 3.8) is 0 Å². The number of nitrogens with zero attached hydrogens (tertiary/aromatic N) is 4. The van der Waals surface area contributed by atoms with Gasteiger partial charge in [-0.3, -0.25) is 14.6 Å². The first-order valence-corrected chi connectivity index (χ1v) is 10.00. The minimum Gasteiger partial charge on any atom is -0.493 e. The van der Waals surface area contributed by atoms with Crippen LogP contribution in [0.2, 0.25) is 0 Å². The molecule has 0 saturated heterocycles. The average Bonchev–Trinajstić information content (AvgIpc) is 2.79. The number of methoxy groups -OCH3 is 2. The van der Waals surface area contributed by atoms with Gasteiger partial charge in [0, 0.05) is 45.5 Å². The fraction of sp³-hybridized carbons (Fsp3) is 0.455. The fourth-order valence-electron chi connectivity index (χ4n) is 3.04. The van der Waals surface area contributed by atoms with Crippen molar-refractivity contribution in [3.05, 3.63) is 48.0 Å². The molecule has 0 atom stereocenters. The molecule has 0 aliphatic carbocycles. The van der Waals surface area contributed by atoms with Crippen LogP contribution in [0.15, 0.2) is 36.8 Å². The molecular formula is C22H30N4O4. The zero-order valence-corrected chi connectivity index (χ0v) is 18.1. The molecule has 0 fully saturated rings. The lowest BCUT2D eigenvalue weighted by molar-refractivity contribution is -0.130. The van der Waals surface area contributed by atoms with E-state index in [9.17, 15) is 9.59 Å². The smallest absolute Gasteiger partial charge is 0.274 e. The van der Waals surface area contributed by atoms with E-state index in [0.29, 0.717) is 43.2 Å². The monoisotopic (exact) mass is 414 g/mol. The summed E-state index contributed by atoms with van der Waals surface area (Å²) in [6.07, 6.45) is 6.22. The Morgan fingerprint density at radius 2 is 1.80 bits per heavy atom. The third-order valence-corrected chi connectivity index (χ3v) is 4.77. The summed E-state index contributed by atoms with van der Waals surface area (Å²) < 4.78 is 10.6. The molecule has 0 bridgehead atoms. The normalized spacial score (nSPS) is 10.4. The third-order valence-electron chi connectivity index (χ3n) is 4.77. The van der Waals surface area contributed by atoms with Crippen LogP contribution in [0.1, 0.15) is 35.8 Å². The Bertz CT molecular complexity index is 829. The van der Waals surface area contributed by atoms with Crippen LogP contribution < -0.4 is 9.47 Å². The number of benzene rings is 1. The van der Waals surface area contributed by atoms with Gasteiger partial charge in [-0.2, -0.15) is 0 Å². The number of hydrogen-bond donors (Lipinski definition) is 0. The summed E-state index contributed by atoms with van der Waals surface area (Å²) in [6.45, 7) is 3.48. The molecule has 8 nitrogen and oxygen atoms in total. The summed E-state index contributed by atoms with van der Waals surface area (Å²) in [7, 11) is 4.97. The molecule has 0 unspecified atom stereocenters. The van der Waals surface area contributed by atoms with Crippen molar-refractivity contribution in [3.8, 4) is 11.5 Å². The number of ether oxygens (including phenoxy) is 2. The van der Waals surface area contributed by atoms with E-state index in [0.717, 1.165) is 12.0 Å². The van der Waals surface area contributed by atoms with E-state index >= 15 is 0 Å². The van der Waals surface area contributed by atoms with Crippen molar-refractivity contribution in [2.75, 3.05) is 40.9 Å². The Hall–Kier alpha value is -3.16. The van der Waals surface area contributed by atoms with E-state index in [1.807, 2.05) is 25.1 Å². The lowest BCUT2D eigenvalue weighted by Gasteiger charge is -2.23. The van der Waals surface area contributed by atoms with Crippen LogP contribution >= 0.6 is 0 Å². The number of amides is 2. The summed E-state index contributed by atoms with van der Waals surface area (Å²) in [5.74, 6) is 1.13. The standard InChI is InChI=1S/C22H30N4O4/c1-5-12-26(22(28)18-16-23-10-11-24-18)14-9-21(27)25(2)13-8-17-6-7-19(29-3)20(15-17)30-4/h6-7,10-11,15-16H,5,8-9,12-14H2,1-4H3. The van der Waals surface area contributed by atoms with Gasteiger partial charge in [-0.05, 0) is 30.5 Å². The maximum atomic E-state index is 12.6. The first kappa shape index (κ1) is 23.1. The largest absolute Gasteiger partial charge is 0.493 e. The first-order valence-electron chi connectivity index (χ1n) is 10.00. The Labute approximate surface area is 177 Å². The second-order valence-corrected chi connectivity index (χ2v) is 6.89. The Balaban J connectivity index is 1.89. The molecule has 162 valence electrons. The average molecular weight is 415 g/mol. The molecule has 0 radical (unpaired) electrons. The van der Waals surface area contributed by atoms with Gasteiger partial charge < -0.3 is 19.3 Å². The second-order valence-electron chi connectivity index (χ2n) is 6.89. The summed E-state index contributed by atoms with van der Waals surface area (Å²) in [6, 6.07) is 5.73. The fourth-order valence-corrected chi connectivity index (χ4v) is 3.04. The lowest BCUT2D eigenvalue weighted by atomic mass is 10.1. The predicted molar refractivity (Wildman–Crippen MR) is 114 cm³/mol. The van der Waals surface area contributed by atoms with Crippen LogP contribution in [-0.4, -0.2) is 72.5 Å². The van der Waals surface area contributed by atoms with Crippen molar-refractivity contribution in [2.24, 2.45) is 0 Å².